The summed E-state index contributed by atoms with van der Waals surface area (Å²) in [6, 6.07) is 0. The number of carbonyl (C=O) groups is 1. The molecular weight excluding hydrogens is 148 g/mol. The van der Waals surface area contributed by atoms with Gasteiger partial charge in [-0.1, -0.05) is 0 Å². The van der Waals surface area contributed by atoms with Crippen molar-refractivity contribution in [3.05, 3.63) is 0 Å². The molecular formula is C7H12O4. The second-order valence-electron chi connectivity index (χ2n) is 2.70. The average molecular weight is 160 g/mol. The molecule has 0 aromatic carbocycles. The van der Waals surface area contributed by atoms with E-state index in [9.17, 15) is 4.79 Å². The van der Waals surface area contributed by atoms with E-state index < -0.39 is 5.97 Å². The fourth-order valence-electron chi connectivity index (χ4n) is 0.915. The highest BCUT2D eigenvalue weighted by Crippen LogP contribution is 2.10. The monoisotopic (exact) mass is 160 g/mol. The quantitative estimate of drug-likeness (QED) is 0.641. The van der Waals surface area contributed by atoms with Crippen LogP contribution in [-0.4, -0.2) is 36.5 Å². The lowest BCUT2D eigenvalue weighted by Crippen LogP contribution is -2.38. The Morgan fingerprint density at radius 2 is 2.45 bits per heavy atom. The van der Waals surface area contributed by atoms with Crippen LogP contribution in [0.3, 0.4) is 0 Å². The maximum absolute atomic E-state index is 10.2. The second-order valence-corrected chi connectivity index (χ2v) is 2.70. The Labute approximate surface area is 65.1 Å². The number of hydrogen-bond acceptors (Lipinski definition) is 3. The van der Waals surface area contributed by atoms with E-state index in [-0.39, 0.29) is 18.6 Å². The smallest absolute Gasteiger partial charge is 0.305 e. The van der Waals surface area contributed by atoms with Crippen molar-refractivity contribution in [3.63, 3.8) is 0 Å². The van der Waals surface area contributed by atoms with Gasteiger partial charge in [0, 0.05) is 0 Å². The first-order chi connectivity index (χ1) is 5.18. The summed E-state index contributed by atoms with van der Waals surface area (Å²) < 4.78 is 10.2. The largest absolute Gasteiger partial charge is 0.481 e. The highest BCUT2D eigenvalue weighted by Gasteiger charge is 2.22. The van der Waals surface area contributed by atoms with Gasteiger partial charge in [-0.2, -0.15) is 0 Å². The molecule has 1 saturated heterocycles. The molecule has 1 aliphatic heterocycles. The first-order valence-corrected chi connectivity index (χ1v) is 3.63. The maximum atomic E-state index is 10.2. The Kier molecular flexibility index (Phi) is 2.84. The summed E-state index contributed by atoms with van der Waals surface area (Å²) in [5, 5.41) is 8.38. The van der Waals surface area contributed by atoms with E-state index in [0.29, 0.717) is 13.2 Å². The van der Waals surface area contributed by atoms with E-state index in [2.05, 4.69) is 0 Å². The number of carboxylic acid groups (broad SMARTS) is 1. The zero-order valence-electron chi connectivity index (χ0n) is 6.45. The molecule has 11 heavy (non-hydrogen) atoms. The molecule has 0 aromatic heterocycles. The molecule has 1 rings (SSSR count). The highest BCUT2D eigenvalue weighted by atomic mass is 16.6. The van der Waals surface area contributed by atoms with Crippen LogP contribution in [0.4, 0.5) is 0 Å². The van der Waals surface area contributed by atoms with E-state index in [0.717, 1.165) is 0 Å². The topological polar surface area (TPSA) is 55.8 Å². The lowest BCUT2D eigenvalue weighted by atomic mass is 10.2. The second kappa shape index (κ2) is 3.69. The van der Waals surface area contributed by atoms with Crippen LogP contribution in [0.2, 0.25) is 0 Å². The van der Waals surface area contributed by atoms with Gasteiger partial charge in [-0.15, -0.1) is 0 Å². The summed E-state index contributed by atoms with van der Waals surface area (Å²) in [7, 11) is 0. The van der Waals surface area contributed by atoms with Crippen LogP contribution in [0.15, 0.2) is 0 Å². The normalized spacial score (nSPS) is 20.8. The molecule has 0 radical (unpaired) electrons. The fourth-order valence-corrected chi connectivity index (χ4v) is 0.915. The Hall–Kier alpha value is -0.610. The molecule has 1 aliphatic rings. The third-order valence-electron chi connectivity index (χ3n) is 1.49. The minimum atomic E-state index is -0.822. The minimum Gasteiger partial charge on any atom is -0.481 e. The Balaban J connectivity index is 2.09. The van der Waals surface area contributed by atoms with Crippen molar-refractivity contribution in [2.24, 2.45) is 0 Å². The van der Waals surface area contributed by atoms with Crippen LogP contribution in [-0.2, 0) is 14.3 Å². The van der Waals surface area contributed by atoms with Gasteiger partial charge in [0.2, 0.25) is 0 Å². The zero-order valence-corrected chi connectivity index (χ0v) is 6.45. The lowest BCUT2D eigenvalue weighted by Gasteiger charge is -2.28. The van der Waals surface area contributed by atoms with Gasteiger partial charge in [-0.25, -0.2) is 0 Å². The van der Waals surface area contributed by atoms with Gasteiger partial charge in [-0.05, 0) is 6.92 Å². The standard InChI is InChI=1S/C7H12O4/c1-5(2-7(8)9)11-6-3-10-4-6/h5-6H,2-4H2,1H3,(H,8,9)/t5-/m0/s1. The van der Waals surface area contributed by atoms with Gasteiger partial charge in [0.1, 0.15) is 6.10 Å². The minimum absolute atomic E-state index is 0.0660. The molecule has 1 N–H and O–H groups in total. The molecule has 0 unspecified atom stereocenters. The number of rotatable bonds is 4. The van der Waals surface area contributed by atoms with Crippen molar-refractivity contribution in [2.75, 3.05) is 13.2 Å². The molecule has 4 heteroatoms. The summed E-state index contributed by atoms with van der Waals surface area (Å²) in [6.45, 7) is 2.96. The number of carboxylic acids is 1. The molecule has 4 nitrogen and oxygen atoms in total. The summed E-state index contributed by atoms with van der Waals surface area (Å²) in [5.74, 6) is -0.822. The van der Waals surface area contributed by atoms with E-state index in [1.54, 1.807) is 6.92 Å². The molecule has 0 spiro atoms. The first-order valence-electron chi connectivity index (χ1n) is 3.63. The lowest BCUT2D eigenvalue weighted by molar-refractivity contribution is -0.161. The molecule has 0 aliphatic carbocycles. The summed E-state index contributed by atoms with van der Waals surface area (Å²) in [5.41, 5.74) is 0. The first kappa shape index (κ1) is 8.49. The number of hydrogen-bond donors (Lipinski definition) is 1. The fraction of sp³-hybridized carbons (Fsp3) is 0.857. The van der Waals surface area contributed by atoms with Crippen LogP contribution in [0.1, 0.15) is 13.3 Å². The van der Waals surface area contributed by atoms with Crippen LogP contribution in [0.5, 0.6) is 0 Å². The van der Waals surface area contributed by atoms with E-state index in [4.69, 9.17) is 14.6 Å². The molecule has 1 heterocycles. The van der Waals surface area contributed by atoms with Gasteiger partial charge < -0.3 is 14.6 Å². The Bertz CT molecular complexity index is 141. The van der Waals surface area contributed by atoms with Gasteiger partial charge in [0.25, 0.3) is 0 Å². The number of aliphatic carboxylic acids is 1. The van der Waals surface area contributed by atoms with Gasteiger partial charge in [-0.3, -0.25) is 4.79 Å². The van der Waals surface area contributed by atoms with Crippen molar-refractivity contribution in [1.29, 1.82) is 0 Å². The third-order valence-corrected chi connectivity index (χ3v) is 1.49. The van der Waals surface area contributed by atoms with Crippen LogP contribution < -0.4 is 0 Å². The van der Waals surface area contributed by atoms with E-state index >= 15 is 0 Å². The van der Waals surface area contributed by atoms with Gasteiger partial charge in [0.15, 0.2) is 0 Å². The van der Waals surface area contributed by atoms with Crippen molar-refractivity contribution >= 4 is 5.97 Å². The molecule has 64 valence electrons. The number of ether oxygens (including phenoxy) is 2. The highest BCUT2D eigenvalue weighted by molar-refractivity contribution is 5.67. The summed E-state index contributed by atoms with van der Waals surface area (Å²) in [4.78, 5) is 10.2. The van der Waals surface area contributed by atoms with Crippen molar-refractivity contribution in [2.45, 2.75) is 25.6 Å². The van der Waals surface area contributed by atoms with Gasteiger partial charge >= 0.3 is 5.97 Å². The molecule has 0 amide bonds. The third kappa shape index (κ3) is 2.86. The van der Waals surface area contributed by atoms with Crippen LogP contribution in [0.25, 0.3) is 0 Å². The molecule has 1 fully saturated rings. The molecule has 0 saturated carbocycles. The summed E-state index contributed by atoms with van der Waals surface area (Å²) in [6.07, 6.45) is -0.0259. The zero-order chi connectivity index (χ0) is 8.27. The molecule has 0 bridgehead atoms. The van der Waals surface area contributed by atoms with Crippen LogP contribution in [0, 0.1) is 0 Å². The maximum Gasteiger partial charge on any atom is 0.305 e. The van der Waals surface area contributed by atoms with E-state index in [1.807, 2.05) is 0 Å². The van der Waals surface area contributed by atoms with Crippen LogP contribution >= 0.6 is 0 Å². The SMILES string of the molecule is C[C@@H](CC(=O)O)OC1COC1. The van der Waals surface area contributed by atoms with E-state index in [1.165, 1.54) is 0 Å². The van der Waals surface area contributed by atoms with Crippen molar-refractivity contribution in [1.82, 2.24) is 0 Å². The molecule has 1 atom stereocenters. The summed E-state index contributed by atoms with van der Waals surface area (Å²) >= 11 is 0. The van der Waals surface area contributed by atoms with Gasteiger partial charge in [0.05, 0.1) is 25.7 Å². The Morgan fingerprint density at radius 1 is 1.82 bits per heavy atom. The predicted octanol–water partition coefficient (Wildman–Crippen LogP) is 0.265. The predicted molar refractivity (Wildman–Crippen MR) is 37.4 cm³/mol. The average Bonchev–Trinajstić information content (AvgIpc) is 1.77. The van der Waals surface area contributed by atoms with Crippen molar-refractivity contribution in [3.8, 4) is 0 Å². The van der Waals surface area contributed by atoms with Crippen molar-refractivity contribution < 1.29 is 19.4 Å². The Morgan fingerprint density at radius 3 is 2.82 bits per heavy atom. The molecule has 0 aromatic rings.